The van der Waals surface area contributed by atoms with Crippen LogP contribution in [-0.2, 0) is 0 Å². The minimum Gasteiger partial charge on any atom is -0.382 e. The van der Waals surface area contributed by atoms with Crippen LogP contribution >= 0.6 is 0 Å². The molecule has 4 N–H and O–H groups in total. The third-order valence-electron chi connectivity index (χ3n) is 5.01. The van der Waals surface area contributed by atoms with Gasteiger partial charge in [-0.2, -0.15) is 0 Å². The van der Waals surface area contributed by atoms with Crippen LogP contribution < -0.4 is 16.6 Å². The molecule has 27 heavy (non-hydrogen) atoms. The summed E-state index contributed by atoms with van der Waals surface area (Å²) in [6, 6.07) is 11.4. The first-order valence-corrected chi connectivity index (χ1v) is 9.53. The summed E-state index contributed by atoms with van der Waals surface area (Å²) in [6.45, 7) is 0.692. The van der Waals surface area contributed by atoms with Crippen LogP contribution in [0, 0.1) is 0 Å². The number of benzene rings is 1. The van der Waals surface area contributed by atoms with Gasteiger partial charge in [0.25, 0.3) is 5.91 Å². The van der Waals surface area contributed by atoms with Gasteiger partial charge in [-0.3, -0.25) is 15.6 Å². The Balaban J connectivity index is 1.33. The summed E-state index contributed by atoms with van der Waals surface area (Å²) in [5.41, 5.74) is 14.1. The van der Waals surface area contributed by atoms with Crippen LogP contribution in [0.15, 0.2) is 42.7 Å². The van der Waals surface area contributed by atoms with Crippen molar-refractivity contribution in [1.29, 1.82) is 0 Å². The number of nitrogens with one attached hydrogen (secondary N) is 2. The zero-order chi connectivity index (χ0) is 19.1. The molecule has 1 amide bonds. The zero-order valence-corrected chi connectivity index (χ0v) is 15.8. The van der Waals surface area contributed by atoms with Gasteiger partial charge >= 0.3 is 0 Å². The lowest BCUT2D eigenvalue weighted by atomic mass is 9.99. The molecule has 2 heterocycles. The van der Waals surface area contributed by atoms with Gasteiger partial charge in [0.05, 0.1) is 0 Å². The largest absolute Gasteiger partial charge is 0.382 e. The molecule has 0 saturated carbocycles. The Hall–Kier alpha value is -2.51. The van der Waals surface area contributed by atoms with Crippen molar-refractivity contribution in [2.45, 2.75) is 44.2 Å². The van der Waals surface area contributed by atoms with Gasteiger partial charge in [0.2, 0.25) is 0 Å². The highest BCUT2D eigenvalue weighted by molar-refractivity contribution is 5.96. The molecule has 1 saturated heterocycles. The van der Waals surface area contributed by atoms with Crippen LogP contribution in [0.3, 0.4) is 0 Å². The normalized spacial score (nSPS) is 19.1. The fourth-order valence-electron chi connectivity index (χ4n) is 3.43. The smallest absolute Gasteiger partial charge is 0.276 e. The van der Waals surface area contributed by atoms with E-state index in [-0.39, 0.29) is 17.4 Å². The quantitative estimate of drug-likeness (QED) is 0.619. The predicted molar refractivity (Wildman–Crippen MR) is 106 cm³/mol. The third kappa shape index (κ3) is 5.24. The number of nitrogen functional groups attached to an aromatic ring is 1. The Morgan fingerprint density at radius 2 is 1.93 bits per heavy atom. The summed E-state index contributed by atoms with van der Waals surface area (Å²) in [6.07, 6.45) is 8.39. The number of anilines is 1. The number of hydrazine groups is 1. The molecule has 0 aliphatic carbocycles. The number of carbonyl (C=O) groups is 1. The number of carbonyl (C=O) groups excluding carboxylic acids is 1. The highest BCUT2D eigenvalue weighted by Gasteiger charge is 2.24. The van der Waals surface area contributed by atoms with E-state index in [0.29, 0.717) is 18.6 Å². The van der Waals surface area contributed by atoms with Crippen molar-refractivity contribution >= 4 is 11.7 Å². The van der Waals surface area contributed by atoms with Crippen LogP contribution in [-0.4, -0.2) is 40.4 Å². The van der Waals surface area contributed by atoms with E-state index in [1.54, 1.807) is 11.9 Å². The first-order chi connectivity index (χ1) is 13.1. The Kier molecular flexibility index (Phi) is 6.73. The van der Waals surface area contributed by atoms with Crippen molar-refractivity contribution in [3.8, 4) is 0 Å². The van der Waals surface area contributed by atoms with Crippen molar-refractivity contribution in [2.75, 3.05) is 19.3 Å². The molecule has 1 aromatic heterocycles. The van der Waals surface area contributed by atoms with E-state index in [2.05, 4.69) is 45.1 Å². The lowest BCUT2D eigenvalue weighted by molar-refractivity contribution is 0.0787. The number of rotatable bonds is 8. The summed E-state index contributed by atoms with van der Waals surface area (Å²) < 4.78 is 0. The molecule has 3 rings (SSSR count). The molecule has 7 heteroatoms. The van der Waals surface area contributed by atoms with E-state index in [4.69, 9.17) is 5.73 Å². The summed E-state index contributed by atoms with van der Waals surface area (Å²) in [4.78, 5) is 22.0. The molecule has 0 bridgehead atoms. The Bertz CT molecular complexity index is 738. The van der Waals surface area contributed by atoms with Crippen molar-refractivity contribution in [3.05, 3.63) is 54.0 Å². The second kappa shape index (κ2) is 9.43. The number of hydrogen-bond donors (Lipinski definition) is 3. The lowest BCUT2D eigenvalue weighted by Gasteiger charge is -2.17. The maximum atomic E-state index is 12.3. The fraction of sp³-hybridized carbons (Fsp3) is 0.450. The monoisotopic (exact) mass is 368 g/mol. The molecule has 1 aliphatic rings. The SMILES string of the molecule is CN(CCCCCC1CC(c2ccccc2)NN1)C(=O)c1nccnc1N. The molecule has 2 atom stereocenters. The van der Waals surface area contributed by atoms with Gasteiger partial charge in [-0.25, -0.2) is 9.97 Å². The molecular formula is C20H28N6O. The molecule has 0 radical (unpaired) electrons. The van der Waals surface area contributed by atoms with Crippen LogP contribution in [0.2, 0.25) is 0 Å². The summed E-state index contributed by atoms with van der Waals surface area (Å²) in [5.74, 6) is 0.00934. The molecule has 1 fully saturated rings. The van der Waals surface area contributed by atoms with E-state index < -0.39 is 0 Å². The van der Waals surface area contributed by atoms with Gasteiger partial charge in [-0.15, -0.1) is 0 Å². The zero-order valence-electron chi connectivity index (χ0n) is 15.8. The summed E-state index contributed by atoms with van der Waals surface area (Å²) in [7, 11) is 1.78. The van der Waals surface area contributed by atoms with Crippen molar-refractivity contribution < 1.29 is 4.79 Å². The third-order valence-corrected chi connectivity index (χ3v) is 5.01. The van der Waals surface area contributed by atoms with Gasteiger partial charge in [0.15, 0.2) is 11.5 Å². The minimum atomic E-state index is -0.173. The maximum absolute atomic E-state index is 12.3. The number of nitrogens with zero attached hydrogens (tertiary/aromatic N) is 3. The van der Waals surface area contributed by atoms with Crippen LogP contribution in [0.1, 0.15) is 54.2 Å². The first kappa shape index (κ1) is 19.3. The number of nitrogens with two attached hydrogens (primary N) is 1. The van der Waals surface area contributed by atoms with Gasteiger partial charge in [0, 0.05) is 38.1 Å². The molecule has 2 aromatic rings. The van der Waals surface area contributed by atoms with Crippen molar-refractivity contribution in [2.24, 2.45) is 0 Å². The van der Waals surface area contributed by atoms with Crippen LogP contribution in [0.4, 0.5) is 5.82 Å². The van der Waals surface area contributed by atoms with Gasteiger partial charge in [0.1, 0.15) is 0 Å². The molecule has 7 nitrogen and oxygen atoms in total. The molecule has 1 aliphatic heterocycles. The Labute approximate surface area is 160 Å². The summed E-state index contributed by atoms with van der Waals surface area (Å²) >= 11 is 0. The van der Waals surface area contributed by atoms with Crippen LogP contribution in [0.25, 0.3) is 0 Å². The molecule has 2 unspecified atom stereocenters. The first-order valence-electron chi connectivity index (χ1n) is 9.53. The summed E-state index contributed by atoms with van der Waals surface area (Å²) in [5, 5.41) is 0. The topological polar surface area (TPSA) is 96.2 Å². The minimum absolute atomic E-state index is 0.173. The number of unbranched alkanes of at least 4 members (excludes halogenated alkanes) is 2. The van der Waals surface area contributed by atoms with E-state index in [0.717, 1.165) is 32.1 Å². The molecule has 1 aromatic carbocycles. The van der Waals surface area contributed by atoms with Crippen molar-refractivity contribution in [3.63, 3.8) is 0 Å². The van der Waals surface area contributed by atoms with Gasteiger partial charge in [-0.1, -0.05) is 43.2 Å². The van der Waals surface area contributed by atoms with Gasteiger partial charge < -0.3 is 10.6 Å². The highest BCUT2D eigenvalue weighted by atomic mass is 16.2. The molecular weight excluding hydrogens is 340 g/mol. The van der Waals surface area contributed by atoms with Crippen LogP contribution in [0.5, 0.6) is 0 Å². The number of hydrogen-bond acceptors (Lipinski definition) is 6. The van der Waals surface area contributed by atoms with Gasteiger partial charge in [-0.05, 0) is 24.8 Å². The maximum Gasteiger partial charge on any atom is 0.276 e. The second-order valence-electron chi connectivity index (χ2n) is 7.05. The molecule has 144 valence electrons. The van der Waals surface area contributed by atoms with E-state index >= 15 is 0 Å². The average molecular weight is 368 g/mol. The average Bonchev–Trinajstić information content (AvgIpc) is 3.17. The number of aromatic nitrogens is 2. The standard InChI is InChI=1S/C20H28N6O/c1-26(20(27)18-19(21)23-12-11-22-18)13-7-3-6-10-16-14-17(25-24-16)15-8-4-2-5-9-15/h2,4-5,8-9,11-12,16-17,24-25H,3,6-7,10,13-14H2,1H3,(H2,21,23). The molecule has 0 spiro atoms. The lowest BCUT2D eigenvalue weighted by Crippen LogP contribution is -2.31. The number of amides is 1. The van der Waals surface area contributed by atoms with Crippen molar-refractivity contribution in [1.82, 2.24) is 25.7 Å². The fourth-order valence-corrected chi connectivity index (χ4v) is 3.43. The van der Waals surface area contributed by atoms with E-state index in [9.17, 15) is 4.79 Å². The highest BCUT2D eigenvalue weighted by Crippen LogP contribution is 2.24. The predicted octanol–water partition coefficient (Wildman–Crippen LogP) is 2.30. The Morgan fingerprint density at radius 3 is 2.70 bits per heavy atom. The van der Waals surface area contributed by atoms with E-state index in [1.807, 2.05) is 6.07 Å². The second-order valence-corrected chi connectivity index (χ2v) is 7.05. The van der Waals surface area contributed by atoms with E-state index in [1.165, 1.54) is 18.0 Å². The Morgan fingerprint density at radius 1 is 1.15 bits per heavy atom.